The van der Waals surface area contributed by atoms with E-state index in [1.807, 2.05) is 19.9 Å². The minimum absolute atomic E-state index is 0.0654. The molecule has 6 nitrogen and oxygen atoms in total. The summed E-state index contributed by atoms with van der Waals surface area (Å²) in [7, 11) is 0. The summed E-state index contributed by atoms with van der Waals surface area (Å²) in [5, 5.41) is 9.93. The molecule has 3 aromatic rings. The number of carbonyl (C=O) groups excluding carboxylic acids is 2. The maximum absolute atomic E-state index is 13.4. The SMILES string of the molecule is CC(C)C(C(=O)Oc1ccccc1C(=O)c1cc(C#N)c(=O)n(C(C)C)c1)c1ccc(Cl)cc1. The predicted octanol–water partition coefficient (Wildman–Crippen LogP) is 5.53. The molecule has 1 atom stereocenters. The molecule has 3 rings (SSSR count). The van der Waals surface area contributed by atoms with E-state index in [1.54, 1.807) is 62.4 Å². The fraction of sp³-hybridized carbons (Fsp3) is 0.259. The van der Waals surface area contributed by atoms with Crippen LogP contribution in [0.3, 0.4) is 0 Å². The molecule has 0 fully saturated rings. The topological polar surface area (TPSA) is 89.2 Å². The Morgan fingerprint density at radius 3 is 2.26 bits per heavy atom. The van der Waals surface area contributed by atoms with Crippen molar-refractivity contribution in [1.29, 1.82) is 5.26 Å². The molecule has 34 heavy (non-hydrogen) atoms. The summed E-state index contributed by atoms with van der Waals surface area (Å²) in [5.41, 5.74) is 0.489. The standard InChI is InChI=1S/C27H25ClN2O4/c1-16(2)24(18-9-11-21(28)12-10-18)27(33)34-23-8-6-5-7-22(23)25(31)20-13-19(14-29)26(32)30(15-20)17(3)4/h5-13,15-17,24H,1-4H3. The maximum atomic E-state index is 13.4. The number of halogens is 1. The number of nitrogens with zero attached hydrogens (tertiary/aromatic N) is 2. The smallest absolute Gasteiger partial charge is 0.319 e. The van der Waals surface area contributed by atoms with Gasteiger partial charge in [0.2, 0.25) is 0 Å². The van der Waals surface area contributed by atoms with Crippen LogP contribution in [-0.2, 0) is 4.79 Å². The first-order valence-electron chi connectivity index (χ1n) is 10.9. The van der Waals surface area contributed by atoms with Gasteiger partial charge in [0.25, 0.3) is 5.56 Å². The molecule has 0 aliphatic heterocycles. The number of nitriles is 1. The van der Waals surface area contributed by atoms with Gasteiger partial charge in [-0.2, -0.15) is 5.26 Å². The Morgan fingerprint density at radius 1 is 1.03 bits per heavy atom. The van der Waals surface area contributed by atoms with Gasteiger partial charge in [-0.15, -0.1) is 0 Å². The van der Waals surface area contributed by atoms with Crippen LogP contribution in [0.1, 0.15) is 66.7 Å². The van der Waals surface area contributed by atoms with E-state index in [-0.39, 0.29) is 34.4 Å². The normalized spacial score (nSPS) is 11.8. The van der Waals surface area contributed by atoms with Crippen LogP contribution in [0.5, 0.6) is 5.75 Å². The summed E-state index contributed by atoms with van der Waals surface area (Å²) in [6.45, 7) is 7.40. The fourth-order valence-corrected chi connectivity index (χ4v) is 3.85. The lowest BCUT2D eigenvalue weighted by Crippen LogP contribution is -2.26. The zero-order chi connectivity index (χ0) is 25.0. The third-order valence-electron chi connectivity index (χ3n) is 5.47. The van der Waals surface area contributed by atoms with Crippen LogP contribution in [-0.4, -0.2) is 16.3 Å². The molecule has 0 bridgehead atoms. The van der Waals surface area contributed by atoms with E-state index in [2.05, 4.69) is 0 Å². The molecule has 0 aliphatic rings. The third-order valence-corrected chi connectivity index (χ3v) is 5.73. The van der Waals surface area contributed by atoms with Crippen LogP contribution in [0, 0.1) is 17.2 Å². The van der Waals surface area contributed by atoms with Crippen molar-refractivity contribution in [2.24, 2.45) is 5.92 Å². The van der Waals surface area contributed by atoms with Crippen LogP contribution in [0.4, 0.5) is 0 Å². The van der Waals surface area contributed by atoms with Crippen molar-refractivity contribution in [2.75, 3.05) is 0 Å². The third kappa shape index (κ3) is 5.27. The van der Waals surface area contributed by atoms with Crippen LogP contribution in [0.25, 0.3) is 0 Å². The summed E-state index contributed by atoms with van der Waals surface area (Å²) >= 11 is 5.99. The number of aromatic nitrogens is 1. The Balaban J connectivity index is 1.99. The highest BCUT2D eigenvalue weighted by Crippen LogP contribution is 2.30. The number of para-hydroxylation sites is 1. The molecule has 0 saturated carbocycles. The molecule has 0 N–H and O–H groups in total. The fourth-order valence-electron chi connectivity index (χ4n) is 3.72. The molecule has 0 radical (unpaired) electrons. The summed E-state index contributed by atoms with van der Waals surface area (Å²) in [4.78, 5) is 39.0. The number of carbonyl (C=O) groups is 2. The number of pyridine rings is 1. The zero-order valence-corrected chi connectivity index (χ0v) is 20.2. The molecule has 0 amide bonds. The van der Waals surface area contributed by atoms with Crippen LogP contribution >= 0.6 is 11.6 Å². The first-order valence-corrected chi connectivity index (χ1v) is 11.3. The quantitative estimate of drug-likeness (QED) is 0.254. The Morgan fingerprint density at radius 2 is 1.68 bits per heavy atom. The van der Waals surface area contributed by atoms with Crippen molar-refractivity contribution in [2.45, 2.75) is 39.7 Å². The average Bonchev–Trinajstić information content (AvgIpc) is 2.80. The highest BCUT2D eigenvalue weighted by atomic mass is 35.5. The zero-order valence-electron chi connectivity index (χ0n) is 19.4. The van der Waals surface area contributed by atoms with Crippen molar-refractivity contribution in [3.05, 3.63) is 98.4 Å². The molecular formula is C27H25ClN2O4. The minimum Gasteiger partial charge on any atom is -0.425 e. The highest BCUT2D eigenvalue weighted by Gasteiger charge is 2.28. The molecule has 0 saturated heterocycles. The van der Waals surface area contributed by atoms with Crippen LogP contribution in [0.15, 0.2) is 65.6 Å². The molecule has 0 spiro atoms. The molecule has 1 aromatic heterocycles. The highest BCUT2D eigenvalue weighted by molar-refractivity contribution is 6.30. The second-order valence-corrected chi connectivity index (χ2v) is 9.02. The minimum atomic E-state index is -0.562. The van der Waals surface area contributed by atoms with E-state index in [4.69, 9.17) is 16.3 Å². The Hall–Kier alpha value is -3.69. The van der Waals surface area contributed by atoms with Gasteiger partial charge in [-0.3, -0.25) is 14.4 Å². The van der Waals surface area contributed by atoms with Crippen LogP contribution in [0.2, 0.25) is 5.02 Å². The van der Waals surface area contributed by atoms with E-state index in [1.165, 1.54) is 16.8 Å². The van der Waals surface area contributed by atoms with E-state index in [9.17, 15) is 19.6 Å². The number of benzene rings is 2. The van der Waals surface area contributed by atoms with Gasteiger partial charge < -0.3 is 9.30 Å². The van der Waals surface area contributed by atoms with Gasteiger partial charge >= 0.3 is 5.97 Å². The Bertz CT molecular complexity index is 1320. The lowest BCUT2D eigenvalue weighted by molar-refractivity contribution is -0.137. The first kappa shape index (κ1) is 24.9. The number of hydrogen-bond donors (Lipinski definition) is 0. The van der Waals surface area contributed by atoms with E-state index in [0.717, 1.165) is 5.56 Å². The summed E-state index contributed by atoms with van der Waals surface area (Å²) in [5.74, 6) is -1.47. The maximum Gasteiger partial charge on any atom is 0.319 e. The van der Waals surface area contributed by atoms with Crippen LogP contribution < -0.4 is 10.3 Å². The van der Waals surface area contributed by atoms with E-state index < -0.39 is 23.2 Å². The number of esters is 1. The van der Waals surface area contributed by atoms with Gasteiger partial charge in [0.1, 0.15) is 17.4 Å². The summed E-state index contributed by atoms with van der Waals surface area (Å²) in [6, 6.07) is 16.3. The number of ether oxygens (including phenoxy) is 1. The molecule has 0 aliphatic carbocycles. The van der Waals surface area contributed by atoms with E-state index in [0.29, 0.717) is 5.02 Å². The molecule has 1 heterocycles. The lowest BCUT2D eigenvalue weighted by atomic mass is 9.88. The van der Waals surface area contributed by atoms with Gasteiger partial charge in [-0.25, -0.2) is 0 Å². The van der Waals surface area contributed by atoms with Crippen molar-refractivity contribution in [1.82, 2.24) is 4.57 Å². The molecule has 7 heteroatoms. The first-order chi connectivity index (χ1) is 16.1. The van der Waals surface area contributed by atoms with Gasteiger partial charge in [-0.05, 0) is 55.7 Å². The number of ketones is 1. The monoisotopic (exact) mass is 476 g/mol. The van der Waals surface area contributed by atoms with E-state index >= 15 is 0 Å². The lowest BCUT2D eigenvalue weighted by Gasteiger charge is -2.20. The largest absolute Gasteiger partial charge is 0.425 e. The summed E-state index contributed by atoms with van der Waals surface area (Å²) in [6.07, 6.45) is 1.43. The summed E-state index contributed by atoms with van der Waals surface area (Å²) < 4.78 is 7.07. The Kier molecular flexibility index (Phi) is 7.70. The molecule has 1 unspecified atom stereocenters. The second kappa shape index (κ2) is 10.5. The second-order valence-electron chi connectivity index (χ2n) is 8.58. The van der Waals surface area contributed by atoms with Gasteiger partial charge in [0, 0.05) is 22.8 Å². The molecular weight excluding hydrogens is 452 g/mol. The van der Waals surface area contributed by atoms with Crippen molar-refractivity contribution in [3.8, 4) is 11.8 Å². The predicted molar refractivity (Wildman–Crippen MR) is 130 cm³/mol. The van der Waals surface area contributed by atoms with Gasteiger partial charge in [0.05, 0.1) is 11.5 Å². The molecule has 174 valence electrons. The Labute approximate surface area is 203 Å². The molecule has 2 aromatic carbocycles. The van der Waals surface area contributed by atoms with Gasteiger partial charge in [-0.1, -0.05) is 49.7 Å². The number of rotatable bonds is 7. The number of hydrogen-bond acceptors (Lipinski definition) is 5. The average molecular weight is 477 g/mol. The van der Waals surface area contributed by atoms with Crippen molar-refractivity contribution < 1.29 is 14.3 Å². The van der Waals surface area contributed by atoms with Crippen molar-refractivity contribution >= 4 is 23.4 Å². The van der Waals surface area contributed by atoms with Crippen molar-refractivity contribution in [3.63, 3.8) is 0 Å². The van der Waals surface area contributed by atoms with Gasteiger partial charge in [0.15, 0.2) is 5.78 Å².